The molecule has 1 aliphatic rings. The Morgan fingerprint density at radius 2 is 2.04 bits per heavy atom. The van der Waals surface area contributed by atoms with Crippen molar-refractivity contribution in [3.8, 4) is 11.5 Å². The molecule has 1 saturated heterocycles. The molecule has 1 amide bonds. The van der Waals surface area contributed by atoms with Crippen LogP contribution >= 0.6 is 0 Å². The van der Waals surface area contributed by atoms with Crippen molar-refractivity contribution in [2.45, 2.75) is 26.1 Å². The maximum atomic E-state index is 12.2. The Labute approximate surface area is 134 Å². The number of amides is 1. The van der Waals surface area contributed by atoms with Gasteiger partial charge in [-0.2, -0.15) is 0 Å². The van der Waals surface area contributed by atoms with Gasteiger partial charge in [0.1, 0.15) is 5.75 Å². The van der Waals surface area contributed by atoms with Crippen molar-refractivity contribution in [2.75, 3.05) is 26.8 Å². The molecule has 0 spiro atoms. The van der Waals surface area contributed by atoms with Crippen molar-refractivity contribution in [3.05, 3.63) is 28.3 Å². The highest BCUT2D eigenvalue weighted by atomic mass is 16.6. The van der Waals surface area contributed by atoms with E-state index in [0.717, 1.165) is 0 Å². The third kappa shape index (κ3) is 4.32. The molecular formula is C15H20N2O6. The Balaban J connectivity index is 2.02. The van der Waals surface area contributed by atoms with Crippen LogP contribution in [-0.2, 0) is 9.53 Å². The van der Waals surface area contributed by atoms with E-state index in [1.807, 2.05) is 13.8 Å². The number of nitro benzene ring substituents is 1. The molecule has 1 aliphatic heterocycles. The van der Waals surface area contributed by atoms with E-state index >= 15 is 0 Å². The normalized spacial score (nSPS) is 20.9. The number of ether oxygens (including phenoxy) is 3. The number of methoxy groups -OCH3 is 1. The van der Waals surface area contributed by atoms with E-state index in [-0.39, 0.29) is 36.2 Å². The Bertz CT molecular complexity index is 581. The maximum Gasteiger partial charge on any atom is 0.314 e. The molecule has 0 aliphatic carbocycles. The number of benzene rings is 1. The summed E-state index contributed by atoms with van der Waals surface area (Å²) in [7, 11) is 1.42. The first kappa shape index (κ1) is 17.0. The van der Waals surface area contributed by atoms with Crippen LogP contribution in [0, 0.1) is 10.1 Å². The molecule has 126 valence electrons. The number of carbonyl (C=O) groups is 1. The lowest BCUT2D eigenvalue weighted by atomic mass is 10.2. The molecule has 2 rings (SSSR count). The van der Waals surface area contributed by atoms with Gasteiger partial charge in [0.2, 0.25) is 0 Å². The smallest absolute Gasteiger partial charge is 0.314 e. The second kappa shape index (κ2) is 7.28. The SMILES string of the molecule is COc1ccc(OCC(=O)N2C[C@@H](C)O[C@@H](C)C2)c([N+](=O)[O-])c1. The van der Waals surface area contributed by atoms with Crippen LogP contribution in [0.2, 0.25) is 0 Å². The molecule has 1 aromatic carbocycles. The molecule has 1 aromatic rings. The van der Waals surface area contributed by atoms with Gasteiger partial charge in [-0.1, -0.05) is 0 Å². The highest BCUT2D eigenvalue weighted by Gasteiger charge is 2.26. The van der Waals surface area contributed by atoms with Gasteiger partial charge in [-0.3, -0.25) is 14.9 Å². The van der Waals surface area contributed by atoms with Crippen LogP contribution in [0.4, 0.5) is 5.69 Å². The summed E-state index contributed by atoms with van der Waals surface area (Å²) < 4.78 is 15.9. The molecule has 1 heterocycles. The van der Waals surface area contributed by atoms with E-state index in [2.05, 4.69) is 0 Å². The Kier molecular flexibility index (Phi) is 5.38. The molecule has 0 saturated carbocycles. The van der Waals surface area contributed by atoms with E-state index in [9.17, 15) is 14.9 Å². The largest absolute Gasteiger partial charge is 0.496 e. The highest BCUT2D eigenvalue weighted by Crippen LogP contribution is 2.31. The van der Waals surface area contributed by atoms with E-state index < -0.39 is 4.92 Å². The molecule has 8 heteroatoms. The topological polar surface area (TPSA) is 91.1 Å². The van der Waals surface area contributed by atoms with Crippen LogP contribution in [0.25, 0.3) is 0 Å². The number of hydrogen-bond acceptors (Lipinski definition) is 6. The summed E-state index contributed by atoms with van der Waals surface area (Å²) in [4.78, 5) is 24.4. The quantitative estimate of drug-likeness (QED) is 0.604. The Morgan fingerprint density at radius 3 is 2.61 bits per heavy atom. The van der Waals surface area contributed by atoms with E-state index in [0.29, 0.717) is 18.8 Å². The van der Waals surface area contributed by atoms with E-state index in [1.165, 1.54) is 19.2 Å². The first-order valence-corrected chi connectivity index (χ1v) is 7.29. The van der Waals surface area contributed by atoms with Crippen LogP contribution in [0.15, 0.2) is 18.2 Å². The van der Waals surface area contributed by atoms with Gasteiger partial charge in [-0.25, -0.2) is 0 Å². The van der Waals surface area contributed by atoms with Crippen molar-refractivity contribution in [3.63, 3.8) is 0 Å². The summed E-state index contributed by atoms with van der Waals surface area (Å²) in [6, 6.07) is 4.24. The molecule has 0 radical (unpaired) electrons. The predicted molar refractivity (Wildman–Crippen MR) is 81.7 cm³/mol. The summed E-state index contributed by atoms with van der Waals surface area (Å²) in [6.45, 7) is 4.50. The van der Waals surface area contributed by atoms with E-state index in [4.69, 9.17) is 14.2 Å². The van der Waals surface area contributed by atoms with Gasteiger partial charge in [-0.15, -0.1) is 0 Å². The monoisotopic (exact) mass is 324 g/mol. The van der Waals surface area contributed by atoms with E-state index in [1.54, 1.807) is 11.0 Å². The molecule has 1 fully saturated rings. The van der Waals surface area contributed by atoms with Gasteiger partial charge in [0, 0.05) is 13.1 Å². The van der Waals surface area contributed by atoms with Crippen LogP contribution in [-0.4, -0.2) is 54.7 Å². The third-order valence-corrected chi connectivity index (χ3v) is 3.49. The van der Waals surface area contributed by atoms with Crippen LogP contribution in [0.3, 0.4) is 0 Å². The summed E-state index contributed by atoms with van der Waals surface area (Å²) in [5, 5.41) is 11.1. The minimum atomic E-state index is -0.568. The van der Waals surface area contributed by atoms with Crippen molar-refractivity contribution in [2.24, 2.45) is 0 Å². The number of nitro groups is 1. The van der Waals surface area contributed by atoms with Crippen molar-refractivity contribution < 1.29 is 23.9 Å². The molecule has 2 atom stereocenters. The predicted octanol–water partition coefficient (Wildman–Crippen LogP) is 1.62. The molecule has 23 heavy (non-hydrogen) atoms. The summed E-state index contributed by atoms with van der Waals surface area (Å²) in [6.07, 6.45) is -0.0870. The third-order valence-electron chi connectivity index (χ3n) is 3.49. The first-order chi connectivity index (χ1) is 10.9. The molecule has 8 nitrogen and oxygen atoms in total. The number of nitrogens with zero attached hydrogens (tertiary/aromatic N) is 2. The van der Waals surface area contributed by atoms with Crippen molar-refractivity contribution in [1.29, 1.82) is 0 Å². The highest BCUT2D eigenvalue weighted by molar-refractivity contribution is 5.78. The Hall–Kier alpha value is -2.35. The van der Waals surface area contributed by atoms with Crippen molar-refractivity contribution in [1.82, 2.24) is 4.90 Å². The molecule has 0 N–H and O–H groups in total. The fourth-order valence-corrected chi connectivity index (χ4v) is 2.50. The van der Waals surface area contributed by atoms with Crippen LogP contribution < -0.4 is 9.47 Å². The lowest BCUT2D eigenvalue weighted by molar-refractivity contribution is -0.385. The average Bonchev–Trinajstić information content (AvgIpc) is 2.51. The zero-order valence-corrected chi connectivity index (χ0v) is 13.4. The standard InChI is InChI=1S/C15H20N2O6/c1-10-7-16(8-11(2)23-10)15(18)9-22-14-5-4-12(21-3)6-13(14)17(19)20/h4-6,10-11H,7-9H2,1-3H3/t10-,11+. The average molecular weight is 324 g/mol. The Morgan fingerprint density at radius 1 is 1.39 bits per heavy atom. The molecule has 0 bridgehead atoms. The zero-order chi connectivity index (χ0) is 17.0. The zero-order valence-electron chi connectivity index (χ0n) is 13.4. The number of rotatable bonds is 5. The van der Waals surface area contributed by atoms with Crippen LogP contribution in [0.5, 0.6) is 11.5 Å². The molecule has 0 aromatic heterocycles. The number of hydrogen-bond donors (Lipinski definition) is 0. The van der Waals surface area contributed by atoms with Gasteiger partial charge in [-0.05, 0) is 26.0 Å². The summed E-state index contributed by atoms with van der Waals surface area (Å²) in [5.41, 5.74) is -0.235. The van der Waals surface area contributed by atoms with Gasteiger partial charge in [0.15, 0.2) is 12.4 Å². The lowest BCUT2D eigenvalue weighted by Crippen LogP contribution is -2.49. The number of carbonyl (C=O) groups excluding carboxylic acids is 1. The lowest BCUT2D eigenvalue weighted by Gasteiger charge is -2.35. The van der Waals surface area contributed by atoms with Gasteiger partial charge < -0.3 is 19.1 Å². The maximum absolute atomic E-state index is 12.2. The molecular weight excluding hydrogens is 304 g/mol. The van der Waals surface area contributed by atoms with Gasteiger partial charge in [0.05, 0.1) is 30.3 Å². The van der Waals surface area contributed by atoms with Crippen LogP contribution in [0.1, 0.15) is 13.8 Å². The number of morpholine rings is 1. The van der Waals surface area contributed by atoms with Crippen molar-refractivity contribution >= 4 is 11.6 Å². The molecule has 0 unspecified atom stereocenters. The van der Waals surface area contributed by atoms with Gasteiger partial charge in [0.25, 0.3) is 5.91 Å². The van der Waals surface area contributed by atoms with Gasteiger partial charge >= 0.3 is 5.69 Å². The summed E-state index contributed by atoms with van der Waals surface area (Å²) in [5.74, 6) is 0.168. The minimum absolute atomic E-state index is 0.0403. The minimum Gasteiger partial charge on any atom is -0.496 e. The first-order valence-electron chi connectivity index (χ1n) is 7.29. The fraction of sp³-hybridized carbons (Fsp3) is 0.533. The summed E-state index contributed by atoms with van der Waals surface area (Å²) >= 11 is 0. The second-order valence-corrected chi connectivity index (χ2v) is 5.44. The second-order valence-electron chi connectivity index (χ2n) is 5.44. The fourth-order valence-electron chi connectivity index (χ4n) is 2.50.